The van der Waals surface area contributed by atoms with Crippen LogP contribution in [0.5, 0.6) is 0 Å². The summed E-state index contributed by atoms with van der Waals surface area (Å²) >= 11 is 0. The third-order valence-electron chi connectivity index (χ3n) is 2.97. The highest BCUT2D eigenvalue weighted by molar-refractivity contribution is 6.08. The van der Waals surface area contributed by atoms with Gasteiger partial charge in [0.05, 0.1) is 17.4 Å². The number of carbonyl (C=O) groups is 1. The summed E-state index contributed by atoms with van der Waals surface area (Å²) < 4.78 is 28.7. The minimum absolute atomic E-state index is 0.00907. The number of rotatable bonds is 3. The molecule has 0 saturated heterocycles. The average Bonchev–Trinajstić information content (AvgIpc) is 2.97. The highest BCUT2D eigenvalue weighted by Crippen LogP contribution is 2.18. The van der Waals surface area contributed by atoms with Crippen LogP contribution in [0.25, 0.3) is 5.69 Å². The Balaban J connectivity index is 2.11. The van der Waals surface area contributed by atoms with Crippen molar-refractivity contribution in [1.29, 1.82) is 0 Å². The lowest BCUT2D eigenvalue weighted by Crippen LogP contribution is -2.13. The van der Waals surface area contributed by atoms with E-state index in [4.69, 9.17) is 0 Å². The second-order valence-corrected chi connectivity index (χ2v) is 4.29. The lowest BCUT2D eigenvalue weighted by Gasteiger charge is -2.06. The molecular weight excluding hydrogens is 276 g/mol. The van der Waals surface area contributed by atoms with E-state index in [1.54, 1.807) is 30.3 Å². The lowest BCUT2D eigenvalue weighted by atomic mass is 10.1. The molecule has 1 aromatic heterocycles. The molecule has 0 aliphatic carbocycles. The van der Waals surface area contributed by atoms with Gasteiger partial charge < -0.3 is 0 Å². The van der Waals surface area contributed by atoms with Crippen molar-refractivity contribution in [3.05, 3.63) is 77.6 Å². The van der Waals surface area contributed by atoms with E-state index in [1.807, 2.05) is 0 Å². The summed E-state index contributed by atoms with van der Waals surface area (Å²) in [6.07, 6.45) is 1.18. The molecule has 3 aromatic rings. The molecule has 0 aliphatic rings. The number of hydrogen-bond acceptors (Lipinski definition) is 3. The number of aromatic nitrogens is 3. The van der Waals surface area contributed by atoms with E-state index in [1.165, 1.54) is 16.9 Å². The van der Waals surface area contributed by atoms with Crippen LogP contribution in [0, 0.1) is 11.6 Å². The zero-order valence-corrected chi connectivity index (χ0v) is 10.7. The number of halogens is 2. The summed E-state index contributed by atoms with van der Waals surface area (Å²) in [7, 11) is 0. The van der Waals surface area contributed by atoms with Crippen molar-refractivity contribution in [3.63, 3.8) is 0 Å². The molecule has 104 valence electrons. The summed E-state index contributed by atoms with van der Waals surface area (Å²) in [5.41, 5.74) is -0.0442. The van der Waals surface area contributed by atoms with E-state index < -0.39 is 23.0 Å². The minimum Gasteiger partial charge on any atom is -0.287 e. The zero-order valence-electron chi connectivity index (χ0n) is 10.7. The first kappa shape index (κ1) is 13.1. The fourth-order valence-electron chi connectivity index (χ4n) is 1.99. The predicted octanol–water partition coefficient (Wildman–Crippen LogP) is 2.78. The second-order valence-electron chi connectivity index (χ2n) is 4.29. The van der Waals surface area contributed by atoms with Crippen molar-refractivity contribution in [2.24, 2.45) is 0 Å². The molecule has 3 rings (SSSR count). The molecule has 0 fully saturated rings. The number of benzene rings is 2. The molecule has 0 unspecified atom stereocenters. The van der Waals surface area contributed by atoms with Gasteiger partial charge in [-0.05, 0) is 24.3 Å². The molecule has 6 heteroatoms. The first-order chi connectivity index (χ1) is 10.2. The predicted molar refractivity (Wildman–Crippen MR) is 71.1 cm³/mol. The van der Waals surface area contributed by atoms with Gasteiger partial charge in [-0.3, -0.25) is 4.79 Å². The first-order valence-corrected chi connectivity index (χ1v) is 6.13. The molecule has 0 radical (unpaired) electrons. The topological polar surface area (TPSA) is 47.8 Å². The van der Waals surface area contributed by atoms with E-state index in [0.717, 1.165) is 12.1 Å². The van der Waals surface area contributed by atoms with E-state index in [9.17, 15) is 13.6 Å². The van der Waals surface area contributed by atoms with E-state index in [0.29, 0.717) is 5.69 Å². The fourth-order valence-corrected chi connectivity index (χ4v) is 1.99. The lowest BCUT2D eigenvalue weighted by molar-refractivity contribution is 0.102. The van der Waals surface area contributed by atoms with Gasteiger partial charge in [0, 0.05) is 0 Å². The van der Waals surface area contributed by atoms with Crippen LogP contribution < -0.4 is 0 Å². The number of carbonyl (C=O) groups excluding carboxylic acids is 1. The summed E-state index contributed by atoms with van der Waals surface area (Å²) in [6.45, 7) is 0. The van der Waals surface area contributed by atoms with Crippen LogP contribution in [0.2, 0.25) is 0 Å². The Morgan fingerprint density at radius 1 is 0.952 bits per heavy atom. The minimum atomic E-state index is -0.916. The molecule has 0 atom stereocenters. The highest BCUT2D eigenvalue weighted by Gasteiger charge is 2.23. The van der Waals surface area contributed by atoms with Crippen molar-refractivity contribution in [2.45, 2.75) is 0 Å². The van der Waals surface area contributed by atoms with Crippen molar-refractivity contribution in [3.8, 4) is 5.69 Å². The van der Waals surface area contributed by atoms with E-state index in [-0.39, 0.29) is 5.69 Å². The Labute approximate surface area is 118 Å². The number of nitrogens with zero attached hydrogens (tertiary/aromatic N) is 3. The monoisotopic (exact) mass is 285 g/mol. The Kier molecular flexibility index (Phi) is 3.27. The van der Waals surface area contributed by atoms with Gasteiger partial charge in [-0.25, -0.2) is 13.5 Å². The fraction of sp³-hybridized carbons (Fsp3) is 0. The average molecular weight is 285 g/mol. The Morgan fingerprint density at radius 2 is 1.62 bits per heavy atom. The smallest absolute Gasteiger partial charge is 0.219 e. The Hall–Kier alpha value is -2.89. The molecule has 0 aliphatic heterocycles. The summed E-state index contributed by atoms with van der Waals surface area (Å²) in [6, 6.07) is 12.0. The third-order valence-corrected chi connectivity index (χ3v) is 2.97. The SMILES string of the molecule is O=C(c1c(F)cccc1F)c1cnnn1-c1ccccc1. The van der Waals surface area contributed by atoms with Crippen LogP contribution in [-0.4, -0.2) is 20.8 Å². The van der Waals surface area contributed by atoms with Crippen LogP contribution in [0.15, 0.2) is 54.7 Å². The van der Waals surface area contributed by atoms with Gasteiger partial charge in [-0.1, -0.05) is 29.5 Å². The van der Waals surface area contributed by atoms with Gasteiger partial charge >= 0.3 is 0 Å². The van der Waals surface area contributed by atoms with Gasteiger partial charge in [0.25, 0.3) is 0 Å². The summed E-state index contributed by atoms with van der Waals surface area (Å²) in [5.74, 6) is -2.64. The molecule has 0 spiro atoms. The van der Waals surface area contributed by atoms with Crippen molar-refractivity contribution in [2.75, 3.05) is 0 Å². The summed E-state index contributed by atoms with van der Waals surface area (Å²) in [4.78, 5) is 12.4. The molecular formula is C15H9F2N3O. The third kappa shape index (κ3) is 2.31. The normalized spacial score (nSPS) is 10.6. The molecule has 0 saturated carbocycles. The van der Waals surface area contributed by atoms with Crippen molar-refractivity contribution in [1.82, 2.24) is 15.0 Å². The number of para-hydroxylation sites is 1. The van der Waals surface area contributed by atoms with Gasteiger partial charge in [-0.15, -0.1) is 5.10 Å². The van der Waals surface area contributed by atoms with Crippen molar-refractivity contribution < 1.29 is 13.6 Å². The molecule has 21 heavy (non-hydrogen) atoms. The number of hydrogen-bond donors (Lipinski definition) is 0. The molecule has 0 N–H and O–H groups in total. The van der Waals surface area contributed by atoms with Crippen LogP contribution >= 0.6 is 0 Å². The molecule has 4 nitrogen and oxygen atoms in total. The maximum absolute atomic E-state index is 13.7. The molecule has 1 heterocycles. The molecule has 2 aromatic carbocycles. The Morgan fingerprint density at radius 3 is 2.29 bits per heavy atom. The Bertz CT molecular complexity index is 779. The van der Waals surface area contributed by atoms with Crippen LogP contribution in [0.3, 0.4) is 0 Å². The van der Waals surface area contributed by atoms with Gasteiger partial charge in [0.15, 0.2) is 0 Å². The van der Waals surface area contributed by atoms with Crippen LogP contribution in [0.1, 0.15) is 16.1 Å². The first-order valence-electron chi connectivity index (χ1n) is 6.13. The largest absolute Gasteiger partial charge is 0.287 e. The van der Waals surface area contributed by atoms with Crippen LogP contribution in [0.4, 0.5) is 8.78 Å². The van der Waals surface area contributed by atoms with E-state index >= 15 is 0 Å². The number of ketones is 1. The quantitative estimate of drug-likeness (QED) is 0.695. The standard InChI is InChI=1S/C15H9F2N3O/c16-11-7-4-8-12(17)14(11)15(21)13-9-18-19-20(13)10-5-2-1-3-6-10/h1-9H. The molecule has 0 amide bonds. The maximum atomic E-state index is 13.7. The summed E-state index contributed by atoms with van der Waals surface area (Å²) in [5, 5.41) is 7.44. The highest BCUT2D eigenvalue weighted by atomic mass is 19.1. The van der Waals surface area contributed by atoms with Gasteiger partial charge in [0.2, 0.25) is 5.78 Å². The molecule has 0 bridgehead atoms. The van der Waals surface area contributed by atoms with Crippen molar-refractivity contribution >= 4 is 5.78 Å². The van der Waals surface area contributed by atoms with Gasteiger partial charge in [0.1, 0.15) is 17.3 Å². The zero-order chi connectivity index (χ0) is 14.8. The van der Waals surface area contributed by atoms with E-state index in [2.05, 4.69) is 10.3 Å². The van der Waals surface area contributed by atoms with Gasteiger partial charge in [-0.2, -0.15) is 0 Å². The maximum Gasteiger partial charge on any atom is 0.219 e. The second kappa shape index (κ2) is 5.24. The van der Waals surface area contributed by atoms with Crippen LogP contribution in [-0.2, 0) is 0 Å².